The third-order valence-corrected chi connectivity index (χ3v) is 4.85. The zero-order valence-corrected chi connectivity index (χ0v) is 11.7. The summed E-state index contributed by atoms with van der Waals surface area (Å²) in [5.74, 6) is 0.907. The highest BCUT2D eigenvalue weighted by Crippen LogP contribution is 2.43. The van der Waals surface area contributed by atoms with Crippen LogP contribution in [0.15, 0.2) is 30.3 Å². The summed E-state index contributed by atoms with van der Waals surface area (Å²) < 4.78 is 5.84. The Morgan fingerprint density at radius 3 is 2.75 bits per heavy atom. The summed E-state index contributed by atoms with van der Waals surface area (Å²) in [6.45, 7) is 1.33. The monoisotopic (exact) mass is 274 g/mol. The van der Waals surface area contributed by atoms with E-state index in [1.54, 1.807) is 0 Å². The molecule has 1 aromatic carbocycles. The quantitative estimate of drug-likeness (QED) is 0.918. The third-order valence-electron chi connectivity index (χ3n) is 4.85. The van der Waals surface area contributed by atoms with Crippen molar-refractivity contribution in [2.24, 2.45) is 17.8 Å². The lowest BCUT2D eigenvalue weighted by molar-refractivity contribution is -0.127. The second-order valence-electron chi connectivity index (χ2n) is 6.10. The second kappa shape index (κ2) is 6.06. The van der Waals surface area contributed by atoms with Crippen LogP contribution in [-0.4, -0.2) is 23.6 Å². The van der Waals surface area contributed by atoms with Crippen molar-refractivity contribution >= 4 is 5.78 Å². The maximum absolute atomic E-state index is 11.9. The molecule has 3 nitrogen and oxygen atoms in total. The molecule has 0 heterocycles. The van der Waals surface area contributed by atoms with Crippen LogP contribution in [0.4, 0.5) is 0 Å². The molecule has 0 aromatic heterocycles. The molecule has 1 N–H and O–H groups in total. The standard InChI is InChI=1S/C17H22O3/c18-15-8-6-13(14-7-9-16(19)17(14)15)11-20-10-12-4-2-1-3-5-12/h1-5,13-15,17-18H,6-11H2/t13-,14-,15?,17-/m1/s1. The van der Waals surface area contributed by atoms with Gasteiger partial charge in [-0.05, 0) is 36.7 Å². The van der Waals surface area contributed by atoms with Crippen LogP contribution in [0.25, 0.3) is 0 Å². The van der Waals surface area contributed by atoms with Crippen LogP contribution in [0, 0.1) is 17.8 Å². The van der Waals surface area contributed by atoms with Crippen molar-refractivity contribution < 1.29 is 14.6 Å². The molecule has 0 spiro atoms. The van der Waals surface area contributed by atoms with Gasteiger partial charge < -0.3 is 9.84 Å². The number of hydrogen-bond donors (Lipinski definition) is 1. The number of rotatable bonds is 4. The Labute approximate surface area is 120 Å². The first kappa shape index (κ1) is 13.8. The predicted octanol–water partition coefficient (Wildman–Crippen LogP) is 2.57. The molecule has 2 aliphatic carbocycles. The zero-order chi connectivity index (χ0) is 13.9. The van der Waals surface area contributed by atoms with Gasteiger partial charge in [-0.2, -0.15) is 0 Å². The summed E-state index contributed by atoms with van der Waals surface area (Å²) in [6.07, 6.45) is 2.87. The molecule has 0 amide bonds. The fourth-order valence-electron chi connectivity index (χ4n) is 3.81. The van der Waals surface area contributed by atoms with E-state index in [2.05, 4.69) is 12.1 Å². The van der Waals surface area contributed by atoms with Gasteiger partial charge in [-0.3, -0.25) is 4.79 Å². The lowest BCUT2D eigenvalue weighted by Crippen LogP contribution is -2.39. The van der Waals surface area contributed by atoms with Crippen molar-refractivity contribution in [3.05, 3.63) is 35.9 Å². The van der Waals surface area contributed by atoms with Gasteiger partial charge in [0.25, 0.3) is 0 Å². The first-order chi connectivity index (χ1) is 9.75. The average molecular weight is 274 g/mol. The molecular formula is C17H22O3. The topological polar surface area (TPSA) is 46.5 Å². The van der Waals surface area contributed by atoms with E-state index in [9.17, 15) is 9.90 Å². The molecule has 3 rings (SSSR count). The third kappa shape index (κ3) is 2.79. The summed E-state index contributed by atoms with van der Waals surface area (Å²) in [6, 6.07) is 10.2. The number of carbonyl (C=O) groups excluding carboxylic acids is 1. The SMILES string of the molecule is O=C1CC[C@@H]2[C@@H](COCc3ccccc3)CCC(O)[C@H]12. The largest absolute Gasteiger partial charge is 0.392 e. The number of benzene rings is 1. The minimum Gasteiger partial charge on any atom is -0.392 e. The lowest BCUT2D eigenvalue weighted by Gasteiger charge is -2.36. The molecule has 2 aliphatic rings. The van der Waals surface area contributed by atoms with Crippen LogP contribution in [0.1, 0.15) is 31.2 Å². The van der Waals surface area contributed by atoms with E-state index < -0.39 is 6.10 Å². The molecule has 0 bridgehead atoms. The number of ketones is 1. The van der Waals surface area contributed by atoms with Gasteiger partial charge in [-0.15, -0.1) is 0 Å². The van der Waals surface area contributed by atoms with Gasteiger partial charge in [0.2, 0.25) is 0 Å². The summed E-state index contributed by atoms with van der Waals surface area (Å²) in [4.78, 5) is 11.9. The van der Waals surface area contributed by atoms with Gasteiger partial charge >= 0.3 is 0 Å². The molecule has 20 heavy (non-hydrogen) atoms. The van der Waals surface area contributed by atoms with Gasteiger partial charge in [0, 0.05) is 12.3 Å². The summed E-state index contributed by atoms with van der Waals surface area (Å²) in [5.41, 5.74) is 1.18. The summed E-state index contributed by atoms with van der Waals surface area (Å²) in [5, 5.41) is 10.0. The molecule has 1 aromatic rings. The Hall–Kier alpha value is -1.19. The minimum absolute atomic E-state index is 0.117. The zero-order valence-electron chi connectivity index (χ0n) is 11.7. The maximum atomic E-state index is 11.9. The van der Waals surface area contributed by atoms with Crippen molar-refractivity contribution in [2.45, 2.75) is 38.4 Å². The van der Waals surface area contributed by atoms with E-state index in [1.807, 2.05) is 18.2 Å². The van der Waals surface area contributed by atoms with E-state index in [0.717, 1.165) is 19.3 Å². The summed E-state index contributed by atoms with van der Waals surface area (Å²) >= 11 is 0. The second-order valence-corrected chi connectivity index (χ2v) is 6.10. The van der Waals surface area contributed by atoms with Crippen LogP contribution < -0.4 is 0 Å². The molecule has 0 aliphatic heterocycles. The molecule has 4 atom stereocenters. The van der Waals surface area contributed by atoms with Crippen LogP contribution in [0.3, 0.4) is 0 Å². The molecular weight excluding hydrogens is 252 g/mol. The predicted molar refractivity (Wildman–Crippen MR) is 76.0 cm³/mol. The normalized spacial score (nSPS) is 33.1. The number of Topliss-reactive ketones (excluding diaryl/α,β-unsaturated/α-hetero) is 1. The fraction of sp³-hybridized carbons (Fsp3) is 0.588. The van der Waals surface area contributed by atoms with Crippen LogP contribution in [0.5, 0.6) is 0 Å². The van der Waals surface area contributed by atoms with Crippen LogP contribution in [-0.2, 0) is 16.1 Å². The fourth-order valence-corrected chi connectivity index (χ4v) is 3.81. The molecule has 0 saturated heterocycles. The van der Waals surface area contributed by atoms with E-state index in [4.69, 9.17) is 4.74 Å². The number of ether oxygens (including phenoxy) is 1. The van der Waals surface area contributed by atoms with Crippen LogP contribution in [0.2, 0.25) is 0 Å². The van der Waals surface area contributed by atoms with Crippen molar-refractivity contribution in [3.63, 3.8) is 0 Å². The number of fused-ring (bicyclic) bond motifs is 1. The first-order valence-electron chi connectivity index (χ1n) is 7.58. The highest BCUT2D eigenvalue weighted by Gasteiger charge is 2.46. The van der Waals surface area contributed by atoms with Gasteiger partial charge in [-0.25, -0.2) is 0 Å². The number of hydrogen-bond acceptors (Lipinski definition) is 3. The first-order valence-corrected chi connectivity index (χ1v) is 7.58. The van der Waals surface area contributed by atoms with Gasteiger partial charge in [-0.1, -0.05) is 30.3 Å². The molecule has 3 heteroatoms. The summed E-state index contributed by atoms with van der Waals surface area (Å²) in [7, 11) is 0. The van der Waals surface area contributed by atoms with Gasteiger partial charge in [0.15, 0.2) is 0 Å². The van der Waals surface area contributed by atoms with E-state index in [1.165, 1.54) is 5.56 Å². The van der Waals surface area contributed by atoms with Crippen molar-refractivity contribution in [1.82, 2.24) is 0 Å². The van der Waals surface area contributed by atoms with E-state index in [-0.39, 0.29) is 11.7 Å². The minimum atomic E-state index is -0.416. The Morgan fingerprint density at radius 1 is 1.15 bits per heavy atom. The molecule has 2 fully saturated rings. The van der Waals surface area contributed by atoms with Crippen molar-refractivity contribution in [3.8, 4) is 0 Å². The van der Waals surface area contributed by atoms with E-state index >= 15 is 0 Å². The molecule has 0 radical (unpaired) electrons. The van der Waals surface area contributed by atoms with Crippen LogP contribution >= 0.6 is 0 Å². The maximum Gasteiger partial charge on any atom is 0.138 e. The lowest BCUT2D eigenvalue weighted by atomic mass is 9.72. The smallest absolute Gasteiger partial charge is 0.138 e. The van der Waals surface area contributed by atoms with E-state index in [0.29, 0.717) is 31.5 Å². The molecule has 1 unspecified atom stereocenters. The van der Waals surface area contributed by atoms with Crippen molar-refractivity contribution in [2.75, 3.05) is 6.61 Å². The number of aliphatic hydroxyl groups is 1. The molecule has 2 saturated carbocycles. The highest BCUT2D eigenvalue weighted by atomic mass is 16.5. The number of aliphatic hydroxyl groups excluding tert-OH is 1. The Kier molecular flexibility index (Phi) is 4.18. The Bertz CT molecular complexity index is 457. The average Bonchev–Trinajstić information content (AvgIpc) is 2.86. The van der Waals surface area contributed by atoms with Gasteiger partial charge in [0.05, 0.1) is 19.3 Å². The number of carbonyl (C=O) groups is 1. The van der Waals surface area contributed by atoms with Gasteiger partial charge in [0.1, 0.15) is 5.78 Å². The Morgan fingerprint density at radius 2 is 1.95 bits per heavy atom. The van der Waals surface area contributed by atoms with Crippen molar-refractivity contribution in [1.29, 1.82) is 0 Å². The Balaban J connectivity index is 1.54. The highest BCUT2D eigenvalue weighted by molar-refractivity contribution is 5.84. The molecule has 108 valence electrons.